The molecule has 1 aliphatic heterocycles. The first-order valence-electron chi connectivity index (χ1n) is 8.93. The number of benzene rings is 1. The zero-order chi connectivity index (χ0) is 20.5. The summed E-state index contributed by atoms with van der Waals surface area (Å²) in [5.41, 5.74) is 2.04. The summed E-state index contributed by atoms with van der Waals surface area (Å²) in [5, 5.41) is 0. The van der Waals surface area contributed by atoms with Gasteiger partial charge in [0, 0.05) is 11.1 Å². The van der Waals surface area contributed by atoms with Crippen LogP contribution in [0.25, 0.3) is 6.08 Å². The second-order valence-electron chi connectivity index (χ2n) is 5.89. The van der Waals surface area contributed by atoms with Gasteiger partial charge in [-0.1, -0.05) is 60.4 Å². The molecule has 0 amide bonds. The van der Waals surface area contributed by atoms with Gasteiger partial charge >= 0.3 is 11.9 Å². The van der Waals surface area contributed by atoms with Crippen molar-refractivity contribution in [3.05, 3.63) is 64.2 Å². The fourth-order valence-electron chi connectivity index (χ4n) is 2.48. The average molecular weight is 418 g/mol. The molecule has 1 heterocycles. The van der Waals surface area contributed by atoms with Crippen LogP contribution < -0.4 is 0 Å². The Morgan fingerprint density at radius 2 is 1.75 bits per heavy atom. The van der Waals surface area contributed by atoms with Crippen LogP contribution in [-0.4, -0.2) is 40.9 Å². The van der Waals surface area contributed by atoms with E-state index < -0.39 is 11.9 Å². The molecule has 1 aliphatic rings. The lowest BCUT2D eigenvalue weighted by Crippen LogP contribution is -2.24. The number of allylic oxidation sites excluding steroid dienone is 2. The average Bonchev–Trinajstić information content (AvgIpc) is 2.99. The van der Waals surface area contributed by atoms with Gasteiger partial charge < -0.3 is 14.4 Å². The summed E-state index contributed by atoms with van der Waals surface area (Å²) in [7, 11) is 0. The second-order valence-corrected chi connectivity index (χ2v) is 7.65. The Bertz CT molecular complexity index is 808. The molecule has 0 saturated carbocycles. The first-order valence-corrected chi connectivity index (χ1v) is 10.2. The van der Waals surface area contributed by atoms with E-state index in [1.165, 1.54) is 18.0 Å². The van der Waals surface area contributed by atoms with E-state index in [-0.39, 0.29) is 18.8 Å². The molecule has 0 aromatic heterocycles. The molecule has 1 saturated heterocycles. The van der Waals surface area contributed by atoms with Crippen LogP contribution in [0.3, 0.4) is 0 Å². The smallest absolute Gasteiger partial charge is 0.347 e. The van der Waals surface area contributed by atoms with E-state index in [0.29, 0.717) is 10.9 Å². The van der Waals surface area contributed by atoms with Crippen LogP contribution >= 0.6 is 24.0 Å². The maximum absolute atomic E-state index is 12.1. The van der Waals surface area contributed by atoms with Crippen LogP contribution in [-0.2, 0) is 19.1 Å². The van der Waals surface area contributed by atoms with E-state index in [4.69, 9.17) is 21.7 Å². The third-order valence-electron chi connectivity index (χ3n) is 3.64. The number of nitrogens with zero attached hydrogens (tertiary/aromatic N) is 1. The zero-order valence-electron chi connectivity index (χ0n) is 16.1. The third kappa shape index (κ3) is 6.35. The predicted molar refractivity (Wildman–Crippen MR) is 116 cm³/mol. The molecule has 0 unspecified atom stereocenters. The lowest BCUT2D eigenvalue weighted by atomic mass is 10.1. The van der Waals surface area contributed by atoms with Crippen LogP contribution in [0.15, 0.2) is 58.7 Å². The predicted octanol–water partition coefficient (Wildman–Crippen LogP) is 4.32. The van der Waals surface area contributed by atoms with E-state index >= 15 is 0 Å². The molecule has 0 atom stereocenters. The lowest BCUT2D eigenvalue weighted by Gasteiger charge is -2.13. The van der Waals surface area contributed by atoms with Gasteiger partial charge in [0.05, 0.1) is 19.8 Å². The molecule has 1 aromatic carbocycles. The van der Waals surface area contributed by atoms with Gasteiger partial charge in [-0.25, -0.2) is 9.59 Å². The Morgan fingerprint density at radius 1 is 1.14 bits per heavy atom. The standard InChI is InChI=1S/C21H23NO4S2/c1-4-25-19(23)18(20(24)26-5-2)14-22-13-17(28-21(22)27)12-15(3)11-16-9-7-6-8-10-16/h6-12,14H,4-5,13H2,1-3H3/b15-11+,17-12-. The minimum atomic E-state index is -0.716. The first kappa shape index (κ1) is 21.9. The SMILES string of the molecule is CCOC(=O)C(=CN1C/C(=C/C(C)=C/c2ccccc2)SC1=S)C(=O)OCC. The van der Waals surface area contributed by atoms with Gasteiger partial charge in [-0.05, 0) is 38.0 Å². The van der Waals surface area contributed by atoms with E-state index in [0.717, 1.165) is 16.0 Å². The Morgan fingerprint density at radius 3 is 2.32 bits per heavy atom. The third-order valence-corrected chi connectivity index (χ3v) is 5.04. The number of esters is 2. The molecule has 1 fully saturated rings. The fraction of sp³-hybridized carbons (Fsp3) is 0.286. The van der Waals surface area contributed by atoms with Crippen LogP contribution in [0.5, 0.6) is 0 Å². The molecule has 0 bridgehead atoms. The van der Waals surface area contributed by atoms with Crippen LogP contribution in [0.4, 0.5) is 0 Å². The van der Waals surface area contributed by atoms with Crippen LogP contribution in [0.1, 0.15) is 26.3 Å². The highest BCUT2D eigenvalue weighted by molar-refractivity contribution is 8.25. The Labute approximate surface area is 175 Å². The van der Waals surface area contributed by atoms with Gasteiger partial charge in [0.25, 0.3) is 0 Å². The molecule has 0 spiro atoms. The summed E-state index contributed by atoms with van der Waals surface area (Å²) in [6.07, 6.45) is 5.55. The molecule has 0 aliphatic carbocycles. The maximum Gasteiger partial charge on any atom is 0.347 e. The van der Waals surface area contributed by atoms with Crippen molar-refractivity contribution in [1.82, 2.24) is 4.90 Å². The summed E-state index contributed by atoms with van der Waals surface area (Å²) in [5.74, 6) is -1.43. The number of hydrogen-bond donors (Lipinski definition) is 0. The Kier molecular flexibility index (Phi) is 8.47. The quantitative estimate of drug-likeness (QED) is 0.215. The summed E-state index contributed by atoms with van der Waals surface area (Å²) in [6.45, 7) is 6.20. The Hall–Kier alpha value is -2.38. The van der Waals surface area contributed by atoms with Gasteiger partial charge in [-0.2, -0.15) is 0 Å². The molecule has 5 nitrogen and oxygen atoms in total. The van der Waals surface area contributed by atoms with Crippen molar-refractivity contribution >= 4 is 46.3 Å². The molecule has 28 heavy (non-hydrogen) atoms. The molecular formula is C21H23NO4S2. The van der Waals surface area contributed by atoms with Crippen molar-refractivity contribution in [3.63, 3.8) is 0 Å². The molecule has 148 valence electrons. The zero-order valence-corrected chi connectivity index (χ0v) is 17.8. The van der Waals surface area contributed by atoms with Crippen LogP contribution in [0, 0.1) is 0 Å². The van der Waals surface area contributed by atoms with Gasteiger partial charge in [0.2, 0.25) is 0 Å². The van der Waals surface area contributed by atoms with E-state index in [9.17, 15) is 9.59 Å². The number of rotatable bonds is 7. The van der Waals surface area contributed by atoms with Crippen molar-refractivity contribution < 1.29 is 19.1 Å². The number of ether oxygens (including phenoxy) is 2. The number of thiocarbonyl (C=S) groups is 1. The summed E-state index contributed by atoms with van der Waals surface area (Å²) in [6, 6.07) is 10.0. The molecule has 2 rings (SSSR count). The Balaban J connectivity index is 2.19. The van der Waals surface area contributed by atoms with Gasteiger partial charge in [-0.3, -0.25) is 0 Å². The van der Waals surface area contributed by atoms with Crippen molar-refractivity contribution in [2.75, 3.05) is 19.8 Å². The lowest BCUT2D eigenvalue weighted by molar-refractivity contribution is -0.146. The highest BCUT2D eigenvalue weighted by Gasteiger charge is 2.27. The topological polar surface area (TPSA) is 55.8 Å². The van der Waals surface area contributed by atoms with E-state index in [1.807, 2.05) is 43.3 Å². The maximum atomic E-state index is 12.1. The minimum absolute atomic E-state index is 0.163. The molecular weight excluding hydrogens is 394 g/mol. The van der Waals surface area contributed by atoms with E-state index in [1.54, 1.807) is 18.7 Å². The number of thioether (sulfide) groups is 1. The fourth-order valence-corrected chi connectivity index (χ4v) is 3.82. The van der Waals surface area contributed by atoms with Gasteiger partial charge in [-0.15, -0.1) is 0 Å². The van der Waals surface area contributed by atoms with Gasteiger partial charge in [0.15, 0.2) is 5.57 Å². The molecule has 0 N–H and O–H groups in total. The van der Waals surface area contributed by atoms with Crippen molar-refractivity contribution in [2.45, 2.75) is 20.8 Å². The molecule has 1 aromatic rings. The number of carbonyl (C=O) groups is 2. The van der Waals surface area contributed by atoms with Gasteiger partial charge in [0.1, 0.15) is 4.32 Å². The normalized spacial score (nSPS) is 15.5. The first-order chi connectivity index (χ1) is 13.4. The summed E-state index contributed by atoms with van der Waals surface area (Å²) < 4.78 is 10.5. The van der Waals surface area contributed by atoms with Crippen molar-refractivity contribution in [3.8, 4) is 0 Å². The van der Waals surface area contributed by atoms with Crippen molar-refractivity contribution in [1.29, 1.82) is 0 Å². The van der Waals surface area contributed by atoms with Crippen LogP contribution in [0.2, 0.25) is 0 Å². The molecule has 0 radical (unpaired) electrons. The highest BCUT2D eigenvalue weighted by atomic mass is 32.2. The highest BCUT2D eigenvalue weighted by Crippen LogP contribution is 2.31. The summed E-state index contributed by atoms with van der Waals surface area (Å²) in [4.78, 5) is 27.0. The van der Waals surface area contributed by atoms with E-state index in [2.05, 4.69) is 6.08 Å². The summed E-state index contributed by atoms with van der Waals surface area (Å²) >= 11 is 6.83. The largest absolute Gasteiger partial charge is 0.462 e. The second kappa shape index (κ2) is 10.8. The molecule has 7 heteroatoms. The van der Waals surface area contributed by atoms with Crippen molar-refractivity contribution in [2.24, 2.45) is 0 Å². The number of hydrogen-bond acceptors (Lipinski definition) is 6. The number of carbonyl (C=O) groups excluding carboxylic acids is 2. The minimum Gasteiger partial charge on any atom is -0.462 e. The monoisotopic (exact) mass is 417 g/mol.